The van der Waals surface area contributed by atoms with E-state index in [1.165, 1.54) is 18.2 Å². The first kappa shape index (κ1) is 16.6. The standard InChI is InChI=1S/C17H15F3N2O/c1-4-12-6-9-16(21-14(12)5-2)22-15-8-7-13(10-11(15)3)23-17(18,19)20/h4-10H,1-2H2,3H3,(H,21,22). The number of alkyl halides is 3. The number of ether oxygens (including phenoxy) is 1. The summed E-state index contributed by atoms with van der Waals surface area (Å²) in [7, 11) is 0. The van der Waals surface area contributed by atoms with E-state index in [9.17, 15) is 13.2 Å². The molecule has 0 aliphatic carbocycles. The van der Waals surface area contributed by atoms with Crippen LogP contribution < -0.4 is 10.1 Å². The van der Waals surface area contributed by atoms with Gasteiger partial charge in [-0.05, 0) is 54.5 Å². The molecule has 0 atom stereocenters. The first-order chi connectivity index (χ1) is 10.8. The van der Waals surface area contributed by atoms with Gasteiger partial charge in [0.15, 0.2) is 0 Å². The third-order valence-electron chi connectivity index (χ3n) is 3.06. The average molecular weight is 320 g/mol. The van der Waals surface area contributed by atoms with Gasteiger partial charge in [-0.1, -0.05) is 19.2 Å². The molecule has 0 unspecified atom stereocenters. The molecule has 6 heteroatoms. The maximum absolute atomic E-state index is 12.2. The molecule has 0 saturated heterocycles. The number of nitrogens with one attached hydrogen (secondary N) is 1. The number of pyridine rings is 1. The van der Waals surface area contributed by atoms with Gasteiger partial charge in [0.2, 0.25) is 0 Å². The summed E-state index contributed by atoms with van der Waals surface area (Å²) in [4.78, 5) is 4.37. The van der Waals surface area contributed by atoms with Crippen molar-refractivity contribution in [3.63, 3.8) is 0 Å². The predicted octanol–water partition coefficient (Wildman–Crippen LogP) is 5.32. The number of hydrogen-bond donors (Lipinski definition) is 1. The maximum atomic E-state index is 12.2. The minimum atomic E-state index is -4.71. The molecule has 1 N–H and O–H groups in total. The van der Waals surface area contributed by atoms with E-state index in [1.807, 2.05) is 6.07 Å². The van der Waals surface area contributed by atoms with Crippen molar-refractivity contribution in [1.29, 1.82) is 0 Å². The van der Waals surface area contributed by atoms with Crippen molar-refractivity contribution in [1.82, 2.24) is 4.98 Å². The van der Waals surface area contributed by atoms with Gasteiger partial charge < -0.3 is 10.1 Å². The largest absolute Gasteiger partial charge is 0.573 e. The molecule has 0 aliphatic heterocycles. The Balaban J connectivity index is 2.23. The second kappa shape index (κ2) is 6.56. The monoisotopic (exact) mass is 320 g/mol. The zero-order valence-corrected chi connectivity index (χ0v) is 12.4. The maximum Gasteiger partial charge on any atom is 0.573 e. The highest BCUT2D eigenvalue weighted by Crippen LogP contribution is 2.28. The van der Waals surface area contributed by atoms with E-state index in [2.05, 4.69) is 28.2 Å². The van der Waals surface area contributed by atoms with Crippen LogP contribution in [0.3, 0.4) is 0 Å². The molecule has 0 spiro atoms. The average Bonchev–Trinajstić information content (AvgIpc) is 2.48. The van der Waals surface area contributed by atoms with Gasteiger partial charge in [0, 0.05) is 5.69 Å². The first-order valence-corrected chi connectivity index (χ1v) is 6.71. The molecular formula is C17H15F3N2O. The highest BCUT2D eigenvalue weighted by Gasteiger charge is 2.31. The molecule has 0 fully saturated rings. The SMILES string of the molecule is C=Cc1ccc(Nc2ccc(OC(F)(F)F)cc2C)nc1C=C. The fraction of sp³-hybridized carbons (Fsp3) is 0.118. The molecule has 0 radical (unpaired) electrons. The molecular weight excluding hydrogens is 305 g/mol. The quantitative estimate of drug-likeness (QED) is 0.810. The van der Waals surface area contributed by atoms with E-state index in [-0.39, 0.29) is 5.75 Å². The number of nitrogens with zero attached hydrogens (tertiary/aromatic N) is 1. The van der Waals surface area contributed by atoms with Crippen molar-refractivity contribution in [2.75, 3.05) is 5.32 Å². The van der Waals surface area contributed by atoms with Gasteiger partial charge in [0.1, 0.15) is 11.6 Å². The first-order valence-electron chi connectivity index (χ1n) is 6.71. The van der Waals surface area contributed by atoms with E-state index < -0.39 is 6.36 Å². The molecule has 0 amide bonds. The topological polar surface area (TPSA) is 34.1 Å². The van der Waals surface area contributed by atoms with Crippen LogP contribution in [0.4, 0.5) is 24.7 Å². The van der Waals surface area contributed by atoms with Crippen molar-refractivity contribution in [2.45, 2.75) is 13.3 Å². The number of benzene rings is 1. The van der Waals surface area contributed by atoms with E-state index in [4.69, 9.17) is 0 Å². The molecule has 120 valence electrons. The van der Waals surface area contributed by atoms with Gasteiger partial charge >= 0.3 is 6.36 Å². The molecule has 0 saturated carbocycles. The third kappa shape index (κ3) is 4.35. The summed E-state index contributed by atoms with van der Waals surface area (Å²) in [5, 5.41) is 3.06. The Kier molecular flexibility index (Phi) is 4.74. The van der Waals surface area contributed by atoms with Gasteiger partial charge in [-0.15, -0.1) is 13.2 Å². The third-order valence-corrected chi connectivity index (χ3v) is 3.06. The van der Waals surface area contributed by atoms with Crippen molar-refractivity contribution >= 4 is 23.7 Å². The Morgan fingerprint density at radius 3 is 2.43 bits per heavy atom. The zero-order chi connectivity index (χ0) is 17.0. The predicted molar refractivity (Wildman–Crippen MR) is 85.6 cm³/mol. The Bertz CT molecular complexity index is 739. The van der Waals surface area contributed by atoms with E-state index in [0.29, 0.717) is 22.8 Å². The lowest BCUT2D eigenvalue weighted by molar-refractivity contribution is -0.274. The fourth-order valence-corrected chi connectivity index (χ4v) is 2.00. The summed E-state index contributed by atoms with van der Waals surface area (Å²) < 4.78 is 40.5. The van der Waals surface area contributed by atoms with Crippen LogP contribution in [0.25, 0.3) is 12.2 Å². The minimum Gasteiger partial charge on any atom is -0.406 e. The lowest BCUT2D eigenvalue weighted by Gasteiger charge is -2.13. The molecule has 2 aromatic rings. The van der Waals surface area contributed by atoms with Crippen molar-refractivity contribution in [2.24, 2.45) is 0 Å². The smallest absolute Gasteiger partial charge is 0.406 e. The number of anilines is 2. The normalized spacial score (nSPS) is 11.0. The Labute approximate surface area is 132 Å². The molecule has 2 rings (SSSR count). The molecule has 0 bridgehead atoms. The van der Waals surface area contributed by atoms with Crippen LogP contribution in [-0.2, 0) is 0 Å². The van der Waals surface area contributed by atoms with Gasteiger partial charge in [-0.2, -0.15) is 0 Å². The lowest BCUT2D eigenvalue weighted by atomic mass is 10.1. The number of aromatic nitrogens is 1. The van der Waals surface area contributed by atoms with Crippen LogP contribution in [0.2, 0.25) is 0 Å². The molecule has 3 nitrogen and oxygen atoms in total. The lowest BCUT2D eigenvalue weighted by Crippen LogP contribution is -2.17. The van der Waals surface area contributed by atoms with Crippen LogP contribution in [0.5, 0.6) is 5.75 Å². The van der Waals surface area contributed by atoms with Gasteiger partial charge in [0.05, 0.1) is 5.69 Å². The highest BCUT2D eigenvalue weighted by atomic mass is 19.4. The Morgan fingerprint density at radius 2 is 1.87 bits per heavy atom. The van der Waals surface area contributed by atoms with E-state index >= 15 is 0 Å². The second-order valence-corrected chi connectivity index (χ2v) is 4.73. The van der Waals surface area contributed by atoms with Crippen LogP contribution in [-0.4, -0.2) is 11.3 Å². The number of hydrogen-bond acceptors (Lipinski definition) is 3. The van der Waals surface area contributed by atoms with Crippen LogP contribution in [0, 0.1) is 6.92 Å². The molecule has 1 aromatic heterocycles. The van der Waals surface area contributed by atoms with Gasteiger partial charge in [-0.3, -0.25) is 0 Å². The van der Waals surface area contributed by atoms with Crippen LogP contribution in [0.15, 0.2) is 43.5 Å². The van der Waals surface area contributed by atoms with Crippen LogP contribution >= 0.6 is 0 Å². The Hall–Kier alpha value is -2.76. The highest BCUT2D eigenvalue weighted by molar-refractivity contribution is 5.66. The molecule has 1 heterocycles. The number of rotatable bonds is 5. The van der Waals surface area contributed by atoms with Crippen LogP contribution in [0.1, 0.15) is 16.8 Å². The van der Waals surface area contributed by atoms with E-state index in [1.54, 1.807) is 25.1 Å². The number of aryl methyl sites for hydroxylation is 1. The van der Waals surface area contributed by atoms with E-state index in [0.717, 1.165) is 5.56 Å². The van der Waals surface area contributed by atoms with Gasteiger partial charge in [0.25, 0.3) is 0 Å². The van der Waals surface area contributed by atoms with Crippen molar-refractivity contribution < 1.29 is 17.9 Å². The minimum absolute atomic E-state index is 0.262. The second-order valence-electron chi connectivity index (χ2n) is 4.73. The summed E-state index contributed by atoms with van der Waals surface area (Å²) in [6.07, 6.45) is -1.43. The number of halogens is 3. The van der Waals surface area contributed by atoms with Crippen molar-refractivity contribution in [3.05, 3.63) is 60.3 Å². The zero-order valence-electron chi connectivity index (χ0n) is 12.4. The summed E-state index contributed by atoms with van der Waals surface area (Å²) in [5.74, 6) is 0.292. The molecule has 23 heavy (non-hydrogen) atoms. The van der Waals surface area contributed by atoms with Crippen molar-refractivity contribution in [3.8, 4) is 5.75 Å². The molecule has 0 aliphatic rings. The van der Waals surface area contributed by atoms with Gasteiger partial charge in [-0.25, -0.2) is 4.98 Å². The fourth-order valence-electron chi connectivity index (χ4n) is 2.00. The summed E-state index contributed by atoms with van der Waals surface area (Å²) in [6.45, 7) is 9.06. The summed E-state index contributed by atoms with van der Waals surface area (Å²) in [5.41, 5.74) is 2.74. The summed E-state index contributed by atoms with van der Waals surface area (Å²) >= 11 is 0. The summed E-state index contributed by atoms with van der Waals surface area (Å²) in [6, 6.07) is 7.64. The Morgan fingerprint density at radius 1 is 1.13 bits per heavy atom. The molecule has 1 aromatic carbocycles.